The molecule has 3 rings (SSSR count). The maximum Gasteiger partial charge on any atom is 0.257 e. The van der Waals surface area contributed by atoms with Crippen molar-refractivity contribution in [2.24, 2.45) is 0 Å². The molecule has 0 aromatic heterocycles. The molecule has 2 amide bonds. The number of hydrogen-bond donors (Lipinski definition) is 1. The number of morpholine rings is 1. The normalized spacial score (nSPS) is 19.4. The van der Waals surface area contributed by atoms with Crippen molar-refractivity contribution in [1.29, 1.82) is 0 Å². The van der Waals surface area contributed by atoms with Crippen LogP contribution >= 0.6 is 23.2 Å². The first-order chi connectivity index (χ1) is 13.3. The second-order valence-electron chi connectivity index (χ2n) is 6.71. The summed E-state index contributed by atoms with van der Waals surface area (Å²) in [5, 5.41) is 2.49. The summed E-state index contributed by atoms with van der Waals surface area (Å²) >= 11 is 11.7. The van der Waals surface area contributed by atoms with Gasteiger partial charge in [0.1, 0.15) is 5.82 Å². The zero-order chi connectivity index (χ0) is 20.4. The number of carbonyl (C=O) groups excluding carboxylic acids is 2. The quantitative estimate of drug-likeness (QED) is 0.730. The van der Waals surface area contributed by atoms with E-state index in [1.807, 2.05) is 13.8 Å². The van der Waals surface area contributed by atoms with Crippen LogP contribution in [0.25, 0.3) is 0 Å². The van der Waals surface area contributed by atoms with Crippen LogP contribution in [0.5, 0.6) is 0 Å². The summed E-state index contributed by atoms with van der Waals surface area (Å²) in [6.07, 6.45) is -0.157. The molecule has 1 fully saturated rings. The summed E-state index contributed by atoms with van der Waals surface area (Å²) in [5.74, 6) is -1.60. The van der Waals surface area contributed by atoms with E-state index in [0.717, 1.165) is 6.07 Å². The molecule has 1 aliphatic rings. The van der Waals surface area contributed by atoms with Crippen molar-refractivity contribution in [2.75, 3.05) is 18.4 Å². The van der Waals surface area contributed by atoms with Crippen molar-refractivity contribution in [3.63, 3.8) is 0 Å². The number of halogens is 3. The monoisotopic (exact) mass is 424 g/mol. The van der Waals surface area contributed by atoms with E-state index >= 15 is 0 Å². The molecule has 1 aliphatic heterocycles. The van der Waals surface area contributed by atoms with E-state index < -0.39 is 11.7 Å². The van der Waals surface area contributed by atoms with Gasteiger partial charge < -0.3 is 15.0 Å². The molecule has 1 saturated heterocycles. The van der Waals surface area contributed by atoms with Gasteiger partial charge in [-0.1, -0.05) is 35.3 Å². The van der Waals surface area contributed by atoms with Gasteiger partial charge in [-0.2, -0.15) is 0 Å². The minimum absolute atomic E-state index is 0.0172. The van der Waals surface area contributed by atoms with Gasteiger partial charge in [-0.3, -0.25) is 9.59 Å². The highest BCUT2D eigenvalue weighted by atomic mass is 35.5. The lowest BCUT2D eigenvalue weighted by Gasteiger charge is -2.35. The Morgan fingerprint density at radius 3 is 2.39 bits per heavy atom. The van der Waals surface area contributed by atoms with Gasteiger partial charge in [-0.15, -0.1) is 0 Å². The molecule has 1 N–H and O–H groups in total. The molecule has 0 radical (unpaired) electrons. The van der Waals surface area contributed by atoms with E-state index in [4.69, 9.17) is 27.9 Å². The fourth-order valence-corrected chi connectivity index (χ4v) is 3.65. The first-order valence-corrected chi connectivity index (χ1v) is 9.51. The number of para-hydroxylation sites is 1. The zero-order valence-corrected chi connectivity index (χ0v) is 16.9. The van der Waals surface area contributed by atoms with Crippen LogP contribution in [0.15, 0.2) is 36.4 Å². The molecule has 1 heterocycles. The molecule has 5 nitrogen and oxygen atoms in total. The average molecular weight is 425 g/mol. The maximum atomic E-state index is 13.7. The lowest BCUT2D eigenvalue weighted by Crippen LogP contribution is -2.48. The Hall–Kier alpha value is -2.15. The number of nitrogens with one attached hydrogen (secondary N) is 1. The number of ether oxygens (including phenoxy) is 1. The summed E-state index contributed by atoms with van der Waals surface area (Å²) in [5.41, 5.74) is 0.581. The van der Waals surface area contributed by atoms with Crippen LogP contribution in [0.2, 0.25) is 10.0 Å². The van der Waals surface area contributed by atoms with E-state index in [1.54, 1.807) is 29.2 Å². The smallest absolute Gasteiger partial charge is 0.257 e. The zero-order valence-electron chi connectivity index (χ0n) is 15.3. The van der Waals surface area contributed by atoms with Gasteiger partial charge in [0.25, 0.3) is 11.8 Å². The molecule has 8 heteroatoms. The van der Waals surface area contributed by atoms with Gasteiger partial charge in [0.2, 0.25) is 0 Å². The molecular weight excluding hydrogens is 406 g/mol. The van der Waals surface area contributed by atoms with Gasteiger partial charge in [0.15, 0.2) is 0 Å². The number of benzene rings is 2. The Labute approximate surface area is 172 Å². The number of anilines is 1. The minimum atomic E-state index is -0.753. The SMILES string of the molecule is C[C@H]1CN(C(=O)c2ccccc2NC(=O)c2cc(F)c(Cl)cc2Cl)C[C@H](C)O1. The van der Waals surface area contributed by atoms with E-state index in [9.17, 15) is 14.0 Å². The van der Waals surface area contributed by atoms with Gasteiger partial charge in [-0.05, 0) is 38.1 Å². The molecule has 148 valence electrons. The third kappa shape index (κ3) is 4.46. The lowest BCUT2D eigenvalue weighted by atomic mass is 10.1. The Balaban J connectivity index is 1.85. The predicted molar refractivity (Wildman–Crippen MR) is 107 cm³/mol. The highest BCUT2D eigenvalue weighted by Crippen LogP contribution is 2.26. The fourth-order valence-electron chi connectivity index (χ4n) is 3.18. The van der Waals surface area contributed by atoms with Crippen LogP contribution in [-0.2, 0) is 4.74 Å². The Morgan fingerprint density at radius 1 is 1.07 bits per heavy atom. The largest absolute Gasteiger partial charge is 0.372 e. The summed E-state index contributed by atoms with van der Waals surface area (Å²) in [6.45, 7) is 4.72. The van der Waals surface area contributed by atoms with E-state index in [2.05, 4.69) is 5.32 Å². The van der Waals surface area contributed by atoms with E-state index in [-0.39, 0.29) is 33.7 Å². The summed E-state index contributed by atoms with van der Waals surface area (Å²) in [6, 6.07) is 8.79. The highest BCUT2D eigenvalue weighted by Gasteiger charge is 2.28. The topological polar surface area (TPSA) is 58.6 Å². The molecule has 2 aromatic rings. The Kier molecular flexibility index (Phi) is 6.23. The van der Waals surface area contributed by atoms with Crippen LogP contribution in [0, 0.1) is 5.82 Å². The molecule has 2 aromatic carbocycles. The predicted octanol–water partition coefficient (Wildman–Crippen LogP) is 4.63. The van der Waals surface area contributed by atoms with E-state index in [0.29, 0.717) is 24.3 Å². The Bertz CT molecular complexity index is 912. The first-order valence-electron chi connectivity index (χ1n) is 8.76. The van der Waals surface area contributed by atoms with Crippen LogP contribution in [0.1, 0.15) is 34.6 Å². The Morgan fingerprint density at radius 2 is 1.71 bits per heavy atom. The van der Waals surface area contributed by atoms with E-state index in [1.165, 1.54) is 6.07 Å². The molecule has 0 bridgehead atoms. The number of nitrogens with zero attached hydrogens (tertiary/aromatic N) is 1. The first kappa shape index (κ1) is 20.6. The van der Waals surface area contributed by atoms with Crippen molar-refractivity contribution in [3.8, 4) is 0 Å². The van der Waals surface area contributed by atoms with Crippen molar-refractivity contribution in [3.05, 3.63) is 63.4 Å². The second kappa shape index (κ2) is 8.47. The van der Waals surface area contributed by atoms with Crippen LogP contribution in [0.3, 0.4) is 0 Å². The van der Waals surface area contributed by atoms with Crippen molar-refractivity contribution < 1.29 is 18.7 Å². The average Bonchev–Trinajstić information content (AvgIpc) is 2.63. The van der Waals surface area contributed by atoms with Gasteiger partial charge in [0.05, 0.1) is 39.1 Å². The van der Waals surface area contributed by atoms with Crippen LogP contribution in [-0.4, -0.2) is 42.0 Å². The molecule has 0 unspecified atom stereocenters. The number of amides is 2. The van der Waals surface area contributed by atoms with Crippen molar-refractivity contribution in [1.82, 2.24) is 4.90 Å². The fraction of sp³-hybridized carbons (Fsp3) is 0.300. The van der Waals surface area contributed by atoms with Crippen LogP contribution in [0.4, 0.5) is 10.1 Å². The molecule has 0 aliphatic carbocycles. The van der Waals surface area contributed by atoms with Gasteiger partial charge in [-0.25, -0.2) is 4.39 Å². The molecule has 0 spiro atoms. The summed E-state index contributed by atoms with van der Waals surface area (Å²) < 4.78 is 19.4. The third-order valence-corrected chi connectivity index (χ3v) is 4.97. The number of rotatable bonds is 3. The highest BCUT2D eigenvalue weighted by molar-refractivity contribution is 6.37. The molecular formula is C20H19Cl2FN2O3. The standard InChI is InChI=1S/C20H19Cl2FN2O3/c1-11-9-25(10-12(2)28-11)20(27)13-5-3-4-6-18(13)24-19(26)14-7-17(23)16(22)8-15(14)21/h3-8,11-12H,9-10H2,1-2H3,(H,24,26)/t11-,12-/m0/s1. The number of carbonyl (C=O) groups is 2. The van der Waals surface area contributed by atoms with Gasteiger partial charge >= 0.3 is 0 Å². The maximum absolute atomic E-state index is 13.7. The van der Waals surface area contributed by atoms with Crippen molar-refractivity contribution >= 4 is 40.7 Å². The minimum Gasteiger partial charge on any atom is -0.372 e. The number of hydrogen-bond acceptors (Lipinski definition) is 3. The van der Waals surface area contributed by atoms with Crippen molar-refractivity contribution in [2.45, 2.75) is 26.1 Å². The molecule has 28 heavy (non-hydrogen) atoms. The third-order valence-electron chi connectivity index (χ3n) is 4.37. The van der Waals surface area contributed by atoms with Gasteiger partial charge in [0, 0.05) is 13.1 Å². The molecule has 2 atom stereocenters. The lowest BCUT2D eigenvalue weighted by molar-refractivity contribution is -0.0585. The second-order valence-corrected chi connectivity index (χ2v) is 7.53. The van der Waals surface area contributed by atoms with Crippen LogP contribution < -0.4 is 5.32 Å². The molecule has 0 saturated carbocycles. The summed E-state index contributed by atoms with van der Waals surface area (Å²) in [4.78, 5) is 27.3. The summed E-state index contributed by atoms with van der Waals surface area (Å²) in [7, 11) is 0.